The molecule has 1 saturated heterocycles. The van der Waals surface area contributed by atoms with Crippen molar-refractivity contribution in [3.63, 3.8) is 0 Å². The zero-order chi connectivity index (χ0) is 12.3. The van der Waals surface area contributed by atoms with Crippen LogP contribution in [-0.2, 0) is 6.42 Å². The van der Waals surface area contributed by atoms with Crippen molar-refractivity contribution in [2.75, 3.05) is 13.1 Å². The Labute approximate surface area is 102 Å². The Bertz CT molecular complexity index is 369. The van der Waals surface area contributed by atoms with Gasteiger partial charge >= 0.3 is 0 Å². The molecule has 0 amide bonds. The quantitative estimate of drug-likeness (QED) is 0.871. The highest BCUT2D eigenvalue weighted by Crippen LogP contribution is 2.17. The largest absolute Gasteiger partial charge is 0.393 e. The van der Waals surface area contributed by atoms with Crippen LogP contribution in [0.1, 0.15) is 25.3 Å². The monoisotopic (exact) mass is 237 g/mol. The van der Waals surface area contributed by atoms with Gasteiger partial charge in [-0.2, -0.15) is 0 Å². The first-order chi connectivity index (χ1) is 8.15. The first-order valence-corrected chi connectivity index (χ1v) is 6.31. The molecule has 0 spiro atoms. The van der Waals surface area contributed by atoms with Gasteiger partial charge in [0.05, 0.1) is 6.10 Å². The maximum absolute atomic E-state index is 13.0. The van der Waals surface area contributed by atoms with E-state index in [9.17, 15) is 9.50 Å². The van der Waals surface area contributed by atoms with E-state index in [4.69, 9.17) is 0 Å². The van der Waals surface area contributed by atoms with Crippen molar-refractivity contribution >= 4 is 0 Å². The fraction of sp³-hybridized carbons (Fsp3) is 0.571. The van der Waals surface area contributed by atoms with Gasteiger partial charge in [0.2, 0.25) is 0 Å². The normalized spacial score (nSPS) is 26.1. The molecule has 94 valence electrons. The molecule has 1 N–H and O–H groups in total. The second kappa shape index (κ2) is 5.61. The standard InChI is InChI=1S/C14H20FNO/c1-11-9-14(17)6-8-16(11)7-5-12-3-2-4-13(15)10-12/h2-4,10-11,14,17H,5-9H2,1H3. The lowest BCUT2D eigenvalue weighted by Crippen LogP contribution is -2.43. The van der Waals surface area contributed by atoms with Crippen molar-refractivity contribution in [3.05, 3.63) is 35.6 Å². The molecule has 2 unspecified atom stereocenters. The Hall–Kier alpha value is -0.930. The summed E-state index contributed by atoms with van der Waals surface area (Å²) in [5.41, 5.74) is 1.04. The highest BCUT2D eigenvalue weighted by Gasteiger charge is 2.23. The van der Waals surface area contributed by atoms with Gasteiger partial charge in [0.25, 0.3) is 0 Å². The van der Waals surface area contributed by atoms with Gasteiger partial charge in [0.15, 0.2) is 0 Å². The summed E-state index contributed by atoms with van der Waals surface area (Å²) in [6.45, 7) is 4.03. The van der Waals surface area contributed by atoms with Gasteiger partial charge in [-0.05, 0) is 43.9 Å². The molecule has 1 aromatic rings. The number of aliphatic hydroxyl groups excluding tert-OH is 1. The van der Waals surface area contributed by atoms with E-state index in [0.29, 0.717) is 6.04 Å². The Kier molecular flexibility index (Phi) is 4.13. The third kappa shape index (κ3) is 3.51. The molecule has 1 aromatic carbocycles. The summed E-state index contributed by atoms with van der Waals surface area (Å²) in [4.78, 5) is 2.37. The molecule has 0 aliphatic carbocycles. The second-order valence-corrected chi connectivity index (χ2v) is 4.94. The van der Waals surface area contributed by atoms with E-state index in [0.717, 1.165) is 37.9 Å². The van der Waals surface area contributed by atoms with Crippen molar-refractivity contribution in [2.24, 2.45) is 0 Å². The summed E-state index contributed by atoms with van der Waals surface area (Å²) in [5, 5.41) is 9.54. The fourth-order valence-corrected chi connectivity index (χ4v) is 2.49. The maximum Gasteiger partial charge on any atom is 0.123 e. The minimum Gasteiger partial charge on any atom is -0.393 e. The summed E-state index contributed by atoms with van der Waals surface area (Å²) in [7, 11) is 0. The topological polar surface area (TPSA) is 23.5 Å². The zero-order valence-electron chi connectivity index (χ0n) is 10.3. The molecular weight excluding hydrogens is 217 g/mol. The average Bonchev–Trinajstić information content (AvgIpc) is 2.28. The van der Waals surface area contributed by atoms with Crippen LogP contribution in [-0.4, -0.2) is 35.2 Å². The van der Waals surface area contributed by atoms with Crippen LogP contribution in [0.15, 0.2) is 24.3 Å². The first kappa shape index (κ1) is 12.5. The Morgan fingerprint density at radius 1 is 1.47 bits per heavy atom. The fourth-order valence-electron chi connectivity index (χ4n) is 2.49. The number of aliphatic hydroxyl groups is 1. The van der Waals surface area contributed by atoms with Gasteiger partial charge in [-0.15, -0.1) is 0 Å². The van der Waals surface area contributed by atoms with Crippen LogP contribution in [0, 0.1) is 5.82 Å². The van der Waals surface area contributed by atoms with E-state index in [-0.39, 0.29) is 11.9 Å². The number of likely N-dealkylation sites (tertiary alicyclic amines) is 1. The third-order valence-corrected chi connectivity index (χ3v) is 3.56. The predicted molar refractivity (Wildman–Crippen MR) is 66.4 cm³/mol. The molecule has 0 bridgehead atoms. The molecule has 1 heterocycles. The summed E-state index contributed by atoms with van der Waals surface area (Å²) >= 11 is 0. The predicted octanol–water partition coefficient (Wildman–Crippen LogP) is 2.21. The second-order valence-electron chi connectivity index (χ2n) is 4.94. The van der Waals surface area contributed by atoms with E-state index in [2.05, 4.69) is 11.8 Å². The van der Waals surface area contributed by atoms with E-state index in [1.54, 1.807) is 12.1 Å². The molecule has 1 aliphatic heterocycles. The van der Waals surface area contributed by atoms with E-state index in [1.165, 1.54) is 6.07 Å². The summed E-state index contributed by atoms with van der Waals surface area (Å²) < 4.78 is 13.0. The molecule has 2 atom stereocenters. The molecule has 3 heteroatoms. The van der Waals surface area contributed by atoms with E-state index >= 15 is 0 Å². The number of benzene rings is 1. The van der Waals surface area contributed by atoms with Gasteiger partial charge in [0, 0.05) is 19.1 Å². The maximum atomic E-state index is 13.0. The first-order valence-electron chi connectivity index (χ1n) is 6.31. The number of nitrogens with zero attached hydrogens (tertiary/aromatic N) is 1. The van der Waals surface area contributed by atoms with Crippen LogP contribution in [0.4, 0.5) is 4.39 Å². The van der Waals surface area contributed by atoms with Gasteiger partial charge in [-0.3, -0.25) is 0 Å². The summed E-state index contributed by atoms with van der Waals surface area (Å²) in [6, 6.07) is 7.22. The summed E-state index contributed by atoms with van der Waals surface area (Å²) in [6.07, 6.45) is 2.44. The summed E-state index contributed by atoms with van der Waals surface area (Å²) in [5.74, 6) is -0.162. The van der Waals surface area contributed by atoms with Gasteiger partial charge in [-0.1, -0.05) is 12.1 Å². The molecule has 0 aromatic heterocycles. The zero-order valence-corrected chi connectivity index (χ0v) is 10.3. The number of rotatable bonds is 3. The van der Waals surface area contributed by atoms with Crippen LogP contribution >= 0.6 is 0 Å². The average molecular weight is 237 g/mol. The third-order valence-electron chi connectivity index (χ3n) is 3.56. The van der Waals surface area contributed by atoms with Crippen molar-refractivity contribution < 1.29 is 9.50 Å². The highest BCUT2D eigenvalue weighted by atomic mass is 19.1. The van der Waals surface area contributed by atoms with Crippen molar-refractivity contribution in [1.82, 2.24) is 4.90 Å². The number of hydrogen-bond acceptors (Lipinski definition) is 2. The van der Waals surface area contributed by atoms with Crippen LogP contribution in [0.3, 0.4) is 0 Å². The van der Waals surface area contributed by atoms with Crippen LogP contribution in [0.2, 0.25) is 0 Å². The van der Waals surface area contributed by atoms with Gasteiger partial charge < -0.3 is 10.0 Å². The van der Waals surface area contributed by atoms with Crippen LogP contribution < -0.4 is 0 Å². The van der Waals surface area contributed by atoms with Crippen LogP contribution in [0.25, 0.3) is 0 Å². The molecule has 2 rings (SSSR count). The van der Waals surface area contributed by atoms with Crippen molar-refractivity contribution in [1.29, 1.82) is 0 Å². The van der Waals surface area contributed by atoms with Crippen molar-refractivity contribution in [3.8, 4) is 0 Å². The number of halogens is 1. The van der Waals surface area contributed by atoms with Crippen molar-refractivity contribution in [2.45, 2.75) is 38.3 Å². The molecule has 1 fully saturated rings. The molecule has 17 heavy (non-hydrogen) atoms. The lowest BCUT2D eigenvalue weighted by atomic mass is 10.00. The van der Waals surface area contributed by atoms with E-state index < -0.39 is 0 Å². The van der Waals surface area contributed by atoms with Gasteiger partial charge in [0.1, 0.15) is 5.82 Å². The van der Waals surface area contributed by atoms with Crippen LogP contribution in [0.5, 0.6) is 0 Å². The number of hydrogen-bond donors (Lipinski definition) is 1. The highest BCUT2D eigenvalue weighted by molar-refractivity contribution is 5.16. The molecule has 1 aliphatic rings. The van der Waals surface area contributed by atoms with E-state index in [1.807, 2.05) is 6.07 Å². The smallest absolute Gasteiger partial charge is 0.123 e. The molecular formula is C14H20FNO. The molecule has 0 radical (unpaired) electrons. The minimum atomic E-state index is -0.162. The van der Waals surface area contributed by atoms with Gasteiger partial charge in [-0.25, -0.2) is 4.39 Å². The lowest BCUT2D eigenvalue weighted by molar-refractivity contribution is 0.0490. The lowest BCUT2D eigenvalue weighted by Gasteiger charge is -2.35. The number of piperidine rings is 1. The minimum absolute atomic E-state index is 0.143. The SMILES string of the molecule is CC1CC(O)CCN1CCc1cccc(F)c1. The Morgan fingerprint density at radius 2 is 2.29 bits per heavy atom. The Balaban J connectivity index is 1.86. The molecule has 2 nitrogen and oxygen atoms in total. The Morgan fingerprint density at radius 3 is 3.00 bits per heavy atom. The molecule has 0 saturated carbocycles.